The highest BCUT2D eigenvalue weighted by Crippen LogP contribution is 2.36. The van der Waals surface area contributed by atoms with E-state index in [1.807, 2.05) is 25.7 Å². The summed E-state index contributed by atoms with van der Waals surface area (Å²) in [6.45, 7) is 7.30. The summed E-state index contributed by atoms with van der Waals surface area (Å²) in [6, 6.07) is 4.29. The summed E-state index contributed by atoms with van der Waals surface area (Å²) in [6.07, 6.45) is -0.290. The number of ether oxygens (including phenoxy) is 1. The lowest BCUT2D eigenvalue weighted by Gasteiger charge is -2.37. The zero-order valence-electron chi connectivity index (χ0n) is 16.1. The van der Waals surface area contributed by atoms with E-state index >= 15 is 0 Å². The number of carbonyl (C=O) groups excluding carboxylic acids is 3. The maximum Gasteiger partial charge on any atom is 0.410 e. The number of rotatable bonds is 2. The fraction of sp³-hybridized carbons (Fsp3) is 0.526. The molecule has 3 amide bonds. The Balaban J connectivity index is 1.67. The molecule has 2 heterocycles. The maximum absolute atomic E-state index is 12.9. The molecule has 0 unspecified atom stereocenters. The Morgan fingerprint density at radius 2 is 1.75 bits per heavy atom. The van der Waals surface area contributed by atoms with Gasteiger partial charge in [-0.1, -0.05) is 29.3 Å². The molecule has 28 heavy (non-hydrogen) atoms. The molecule has 1 aromatic rings. The van der Waals surface area contributed by atoms with Gasteiger partial charge < -0.3 is 9.64 Å². The standard InChI is InChI=1S/C19H23Cl2N3O4/c1-19(2,3)28-18(27)23-9-7-22(8-10-23)14-11-15(25)24(17(14)26)13-6-4-5-12(20)16(13)21/h4-6,14H,7-11H2,1-3H3/t14-/m0/s1. The van der Waals surface area contributed by atoms with E-state index in [0.29, 0.717) is 31.9 Å². The first-order valence-corrected chi connectivity index (χ1v) is 9.87. The monoisotopic (exact) mass is 427 g/mol. The third-order valence-corrected chi connectivity index (χ3v) is 5.51. The minimum atomic E-state index is -0.566. The van der Waals surface area contributed by atoms with Crippen molar-refractivity contribution in [3.63, 3.8) is 0 Å². The number of hydrogen-bond acceptors (Lipinski definition) is 5. The van der Waals surface area contributed by atoms with Crippen LogP contribution in [0.1, 0.15) is 27.2 Å². The summed E-state index contributed by atoms with van der Waals surface area (Å²) < 4.78 is 5.39. The minimum Gasteiger partial charge on any atom is -0.444 e. The van der Waals surface area contributed by atoms with Gasteiger partial charge >= 0.3 is 6.09 Å². The average molecular weight is 428 g/mol. The molecule has 0 aliphatic carbocycles. The van der Waals surface area contributed by atoms with Gasteiger partial charge in [-0.15, -0.1) is 0 Å². The molecule has 0 radical (unpaired) electrons. The van der Waals surface area contributed by atoms with Gasteiger partial charge in [-0.2, -0.15) is 0 Å². The van der Waals surface area contributed by atoms with Gasteiger partial charge in [0, 0.05) is 26.2 Å². The molecule has 1 aromatic carbocycles. The smallest absolute Gasteiger partial charge is 0.410 e. The van der Waals surface area contributed by atoms with Crippen LogP contribution in [-0.4, -0.2) is 65.5 Å². The van der Waals surface area contributed by atoms with Crippen molar-refractivity contribution in [2.75, 3.05) is 31.1 Å². The fourth-order valence-corrected chi connectivity index (χ4v) is 3.74. The highest BCUT2D eigenvalue weighted by Gasteiger charge is 2.44. The van der Waals surface area contributed by atoms with Crippen molar-refractivity contribution in [2.45, 2.75) is 38.8 Å². The number of anilines is 1. The van der Waals surface area contributed by atoms with Crippen LogP contribution in [0.3, 0.4) is 0 Å². The first kappa shape index (κ1) is 20.9. The van der Waals surface area contributed by atoms with Gasteiger partial charge in [0.05, 0.1) is 28.2 Å². The molecule has 9 heteroatoms. The topological polar surface area (TPSA) is 70.2 Å². The first-order valence-electron chi connectivity index (χ1n) is 9.11. The second kappa shape index (κ2) is 7.89. The highest BCUT2D eigenvalue weighted by atomic mass is 35.5. The zero-order valence-corrected chi connectivity index (χ0v) is 17.6. The highest BCUT2D eigenvalue weighted by molar-refractivity contribution is 6.44. The molecule has 0 spiro atoms. The van der Waals surface area contributed by atoms with E-state index in [1.54, 1.807) is 23.1 Å². The number of imide groups is 1. The minimum absolute atomic E-state index is 0.0775. The average Bonchev–Trinajstić information content (AvgIpc) is 2.91. The number of nitrogens with zero attached hydrogens (tertiary/aromatic N) is 3. The molecule has 0 N–H and O–H groups in total. The second-order valence-electron chi connectivity index (χ2n) is 7.86. The van der Waals surface area contributed by atoms with Gasteiger partial charge in [-0.25, -0.2) is 9.69 Å². The van der Waals surface area contributed by atoms with Crippen molar-refractivity contribution < 1.29 is 19.1 Å². The van der Waals surface area contributed by atoms with Crippen LogP contribution in [0.5, 0.6) is 0 Å². The number of halogens is 2. The third kappa shape index (κ3) is 4.26. The molecule has 3 rings (SSSR count). The zero-order chi connectivity index (χ0) is 20.6. The van der Waals surface area contributed by atoms with Crippen LogP contribution >= 0.6 is 23.2 Å². The van der Waals surface area contributed by atoms with Crippen LogP contribution < -0.4 is 4.90 Å². The molecule has 2 saturated heterocycles. The van der Waals surface area contributed by atoms with E-state index in [-0.39, 0.29) is 34.4 Å². The van der Waals surface area contributed by atoms with E-state index in [0.717, 1.165) is 4.90 Å². The van der Waals surface area contributed by atoms with Crippen LogP contribution in [-0.2, 0) is 14.3 Å². The van der Waals surface area contributed by atoms with Crippen molar-refractivity contribution in [3.05, 3.63) is 28.2 Å². The van der Waals surface area contributed by atoms with Crippen LogP contribution in [0.4, 0.5) is 10.5 Å². The molecule has 0 saturated carbocycles. The molecule has 0 aromatic heterocycles. The van der Waals surface area contributed by atoms with E-state index in [4.69, 9.17) is 27.9 Å². The van der Waals surface area contributed by atoms with Crippen molar-refractivity contribution in [1.82, 2.24) is 9.80 Å². The Morgan fingerprint density at radius 1 is 1.11 bits per heavy atom. The summed E-state index contributed by atoms with van der Waals surface area (Å²) in [5.74, 6) is -0.631. The summed E-state index contributed by atoms with van der Waals surface area (Å²) in [5, 5.41) is 0.468. The summed E-state index contributed by atoms with van der Waals surface area (Å²) in [5.41, 5.74) is -0.252. The SMILES string of the molecule is CC(C)(C)OC(=O)N1CCN([C@H]2CC(=O)N(c3cccc(Cl)c3Cl)C2=O)CC1. The lowest BCUT2D eigenvalue weighted by Crippen LogP contribution is -2.54. The Hall–Kier alpha value is -1.83. The molecular formula is C19H23Cl2N3O4. The normalized spacial score (nSPS) is 21.4. The fourth-order valence-electron chi connectivity index (χ4n) is 3.36. The molecule has 2 aliphatic rings. The number of benzene rings is 1. The molecule has 0 bridgehead atoms. The lowest BCUT2D eigenvalue weighted by molar-refractivity contribution is -0.123. The number of amides is 3. The van der Waals surface area contributed by atoms with Crippen LogP contribution in [0.2, 0.25) is 10.0 Å². The summed E-state index contributed by atoms with van der Waals surface area (Å²) in [4.78, 5) is 42.3. The van der Waals surface area contributed by atoms with Crippen LogP contribution in [0.15, 0.2) is 18.2 Å². The summed E-state index contributed by atoms with van der Waals surface area (Å²) >= 11 is 12.2. The lowest BCUT2D eigenvalue weighted by atomic mass is 10.1. The number of hydrogen-bond donors (Lipinski definition) is 0. The Morgan fingerprint density at radius 3 is 2.36 bits per heavy atom. The van der Waals surface area contributed by atoms with E-state index in [1.165, 1.54) is 0 Å². The molecule has 2 fully saturated rings. The molecular weight excluding hydrogens is 405 g/mol. The van der Waals surface area contributed by atoms with Gasteiger partial charge in [0.25, 0.3) is 5.91 Å². The molecule has 1 atom stereocenters. The number of carbonyl (C=O) groups is 3. The van der Waals surface area contributed by atoms with Crippen LogP contribution in [0.25, 0.3) is 0 Å². The van der Waals surface area contributed by atoms with Gasteiger partial charge in [0.15, 0.2) is 0 Å². The van der Waals surface area contributed by atoms with Crippen LogP contribution in [0, 0.1) is 0 Å². The van der Waals surface area contributed by atoms with Gasteiger partial charge in [-0.05, 0) is 32.9 Å². The third-order valence-electron chi connectivity index (χ3n) is 4.70. The predicted octanol–water partition coefficient (Wildman–Crippen LogP) is 3.18. The van der Waals surface area contributed by atoms with Gasteiger partial charge in [0.2, 0.25) is 5.91 Å². The largest absolute Gasteiger partial charge is 0.444 e. The summed E-state index contributed by atoms with van der Waals surface area (Å²) in [7, 11) is 0. The quantitative estimate of drug-likeness (QED) is 0.677. The van der Waals surface area contributed by atoms with Crippen molar-refractivity contribution in [2.24, 2.45) is 0 Å². The van der Waals surface area contributed by atoms with E-state index in [9.17, 15) is 14.4 Å². The first-order chi connectivity index (χ1) is 13.1. The number of piperazine rings is 1. The second-order valence-corrected chi connectivity index (χ2v) is 8.65. The van der Waals surface area contributed by atoms with E-state index in [2.05, 4.69) is 0 Å². The van der Waals surface area contributed by atoms with Gasteiger partial charge in [0.1, 0.15) is 5.60 Å². The van der Waals surface area contributed by atoms with Gasteiger partial charge in [-0.3, -0.25) is 14.5 Å². The molecule has 152 valence electrons. The Labute approximate surface area is 174 Å². The van der Waals surface area contributed by atoms with Crippen molar-refractivity contribution >= 4 is 46.8 Å². The molecule has 7 nitrogen and oxygen atoms in total. The van der Waals surface area contributed by atoms with E-state index < -0.39 is 11.6 Å². The Bertz CT molecular complexity index is 801. The van der Waals surface area contributed by atoms with Crippen molar-refractivity contribution in [3.8, 4) is 0 Å². The Kier molecular flexibility index (Phi) is 5.89. The maximum atomic E-state index is 12.9. The molecule has 2 aliphatic heterocycles. The van der Waals surface area contributed by atoms with Crippen molar-refractivity contribution in [1.29, 1.82) is 0 Å². The predicted molar refractivity (Wildman–Crippen MR) is 107 cm³/mol.